The highest BCUT2D eigenvalue weighted by atomic mass is 16.2. The highest BCUT2D eigenvalue weighted by molar-refractivity contribution is 6.08. The first-order valence-corrected chi connectivity index (χ1v) is 10.3. The summed E-state index contributed by atoms with van der Waals surface area (Å²) in [6, 6.07) is 16.7. The van der Waals surface area contributed by atoms with Crippen molar-refractivity contribution in [2.45, 2.75) is 25.7 Å². The van der Waals surface area contributed by atoms with Crippen LogP contribution in [0.2, 0.25) is 0 Å². The molecule has 0 radical (unpaired) electrons. The Morgan fingerprint density at radius 3 is 2.13 bits per heavy atom. The van der Waals surface area contributed by atoms with Gasteiger partial charge in [0.2, 0.25) is 0 Å². The molecule has 1 fully saturated rings. The van der Waals surface area contributed by atoms with Gasteiger partial charge in [0.05, 0.1) is 17.5 Å². The predicted octanol–water partition coefficient (Wildman–Crippen LogP) is 4.74. The molecule has 4 rings (SSSR count). The Morgan fingerprint density at radius 2 is 1.47 bits per heavy atom. The zero-order chi connectivity index (χ0) is 20.8. The Hall–Kier alpha value is -3.61. The third kappa shape index (κ3) is 4.68. The molecule has 0 saturated carbocycles. The van der Waals surface area contributed by atoms with Gasteiger partial charge in [0, 0.05) is 30.0 Å². The van der Waals surface area contributed by atoms with Gasteiger partial charge in [-0.15, -0.1) is 0 Å². The Balaban J connectivity index is 1.39. The molecule has 1 aliphatic heterocycles. The number of nitrogens with zero attached hydrogens (tertiary/aromatic N) is 2. The fraction of sp³-hybridized carbons (Fsp3) is 0.261. The Labute approximate surface area is 175 Å². The van der Waals surface area contributed by atoms with E-state index in [0.717, 1.165) is 31.5 Å². The zero-order valence-corrected chi connectivity index (χ0v) is 16.7. The Bertz CT molecular complexity index is 990. The molecule has 7 heteroatoms. The quantitative estimate of drug-likeness (QED) is 0.588. The van der Waals surface area contributed by atoms with Gasteiger partial charge in [-0.1, -0.05) is 43.2 Å². The van der Waals surface area contributed by atoms with Crippen molar-refractivity contribution < 1.29 is 9.59 Å². The molecule has 0 spiro atoms. The van der Waals surface area contributed by atoms with E-state index in [2.05, 4.69) is 20.8 Å². The summed E-state index contributed by atoms with van der Waals surface area (Å²) < 4.78 is 0. The number of aromatic amines is 1. The summed E-state index contributed by atoms with van der Waals surface area (Å²) >= 11 is 0. The zero-order valence-electron chi connectivity index (χ0n) is 16.7. The second-order valence-corrected chi connectivity index (χ2v) is 7.39. The van der Waals surface area contributed by atoms with Gasteiger partial charge < -0.3 is 15.5 Å². The minimum atomic E-state index is -0.246. The molecule has 7 nitrogen and oxygen atoms in total. The summed E-state index contributed by atoms with van der Waals surface area (Å²) in [5.41, 5.74) is 3.39. The molecule has 30 heavy (non-hydrogen) atoms. The van der Waals surface area contributed by atoms with E-state index < -0.39 is 0 Å². The number of benzene rings is 2. The van der Waals surface area contributed by atoms with Crippen LogP contribution in [0.3, 0.4) is 0 Å². The van der Waals surface area contributed by atoms with Gasteiger partial charge >= 0.3 is 6.03 Å². The number of H-pyrrole nitrogens is 1. The molecule has 2 heterocycles. The van der Waals surface area contributed by atoms with Crippen molar-refractivity contribution in [2.75, 3.05) is 23.7 Å². The summed E-state index contributed by atoms with van der Waals surface area (Å²) in [6.07, 6.45) is 5.99. The van der Waals surface area contributed by atoms with Crippen molar-refractivity contribution >= 4 is 23.3 Å². The van der Waals surface area contributed by atoms with E-state index in [1.807, 2.05) is 35.2 Å². The molecule has 3 amide bonds. The molecular weight excluding hydrogens is 378 g/mol. The SMILES string of the molecule is O=C(Nc1ccc(NC(=O)N2CCCCCC2)cc1)c1cn[nH]c1-c1ccccc1. The van der Waals surface area contributed by atoms with Crippen LogP contribution in [0.1, 0.15) is 36.0 Å². The van der Waals surface area contributed by atoms with Crippen molar-refractivity contribution in [1.82, 2.24) is 15.1 Å². The fourth-order valence-corrected chi connectivity index (χ4v) is 3.59. The van der Waals surface area contributed by atoms with E-state index in [1.54, 1.807) is 24.3 Å². The number of carbonyl (C=O) groups excluding carboxylic acids is 2. The molecule has 0 unspecified atom stereocenters. The minimum Gasteiger partial charge on any atom is -0.325 e. The molecule has 3 N–H and O–H groups in total. The minimum absolute atomic E-state index is 0.0698. The number of carbonyl (C=O) groups is 2. The van der Waals surface area contributed by atoms with Crippen molar-refractivity contribution in [1.29, 1.82) is 0 Å². The largest absolute Gasteiger partial charge is 0.325 e. The van der Waals surface area contributed by atoms with Crippen LogP contribution in [0, 0.1) is 0 Å². The van der Waals surface area contributed by atoms with Crippen molar-refractivity contribution in [3.63, 3.8) is 0 Å². The summed E-state index contributed by atoms with van der Waals surface area (Å²) in [5.74, 6) is -0.246. The number of hydrogen-bond donors (Lipinski definition) is 3. The van der Waals surface area contributed by atoms with E-state index in [0.29, 0.717) is 22.6 Å². The maximum Gasteiger partial charge on any atom is 0.321 e. The van der Waals surface area contributed by atoms with Gasteiger partial charge in [0.1, 0.15) is 0 Å². The van der Waals surface area contributed by atoms with E-state index in [-0.39, 0.29) is 11.9 Å². The number of rotatable bonds is 4. The molecular formula is C23H25N5O2. The van der Waals surface area contributed by atoms with E-state index in [9.17, 15) is 9.59 Å². The lowest BCUT2D eigenvalue weighted by molar-refractivity contribution is 0.102. The van der Waals surface area contributed by atoms with Crippen LogP contribution in [0.25, 0.3) is 11.3 Å². The first-order valence-electron chi connectivity index (χ1n) is 10.3. The lowest BCUT2D eigenvalue weighted by atomic mass is 10.1. The monoisotopic (exact) mass is 403 g/mol. The number of amides is 3. The molecule has 3 aromatic rings. The molecule has 0 aliphatic carbocycles. The van der Waals surface area contributed by atoms with E-state index >= 15 is 0 Å². The smallest absolute Gasteiger partial charge is 0.321 e. The van der Waals surface area contributed by atoms with E-state index in [4.69, 9.17) is 0 Å². The summed E-state index contributed by atoms with van der Waals surface area (Å²) in [4.78, 5) is 27.0. The number of nitrogens with one attached hydrogen (secondary N) is 3. The average molecular weight is 403 g/mol. The normalized spacial score (nSPS) is 14.1. The molecule has 1 saturated heterocycles. The van der Waals surface area contributed by atoms with Crippen LogP contribution < -0.4 is 10.6 Å². The van der Waals surface area contributed by atoms with Crippen molar-refractivity contribution in [3.8, 4) is 11.3 Å². The maximum absolute atomic E-state index is 12.7. The molecule has 0 bridgehead atoms. The maximum atomic E-state index is 12.7. The lowest BCUT2D eigenvalue weighted by Gasteiger charge is -2.20. The van der Waals surface area contributed by atoms with Crippen LogP contribution in [0.15, 0.2) is 60.8 Å². The van der Waals surface area contributed by atoms with Crippen molar-refractivity contribution in [3.05, 3.63) is 66.4 Å². The van der Waals surface area contributed by atoms with Crippen LogP contribution >= 0.6 is 0 Å². The number of aromatic nitrogens is 2. The second kappa shape index (κ2) is 9.26. The third-order valence-electron chi connectivity index (χ3n) is 5.23. The van der Waals surface area contributed by atoms with Crippen LogP contribution in [0.5, 0.6) is 0 Å². The second-order valence-electron chi connectivity index (χ2n) is 7.39. The summed E-state index contributed by atoms with van der Waals surface area (Å²) in [5, 5.41) is 12.7. The molecule has 2 aromatic carbocycles. The molecule has 154 valence electrons. The van der Waals surface area contributed by atoms with Gasteiger partial charge in [-0.2, -0.15) is 5.10 Å². The number of urea groups is 1. The third-order valence-corrected chi connectivity index (χ3v) is 5.23. The van der Waals surface area contributed by atoms with Gasteiger partial charge in [0.15, 0.2) is 0 Å². The topological polar surface area (TPSA) is 90.1 Å². The van der Waals surface area contributed by atoms with Gasteiger partial charge in [-0.3, -0.25) is 9.89 Å². The summed E-state index contributed by atoms with van der Waals surface area (Å²) in [6.45, 7) is 1.60. The standard InChI is InChI=1S/C23H25N5O2/c29-22(20-16-24-27-21(20)17-8-4-3-5-9-17)25-18-10-12-19(13-11-18)26-23(30)28-14-6-1-2-7-15-28/h3-5,8-13,16H,1-2,6-7,14-15H2,(H,24,27)(H,25,29)(H,26,30). The van der Waals surface area contributed by atoms with Crippen LogP contribution in [-0.4, -0.2) is 40.1 Å². The summed E-state index contributed by atoms with van der Waals surface area (Å²) in [7, 11) is 0. The molecule has 1 aromatic heterocycles. The van der Waals surface area contributed by atoms with Crippen LogP contribution in [-0.2, 0) is 0 Å². The first-order chi connectivity index (χ1) is 14.7. The number of likely N-dealkylation sites (tertiary alicyclic amines) is 1. The van der Waals surface area contributed by atoms with Gasteiger partial charge in [0.25, 0.3) is 5.91 Å². The molecule has 0 atom stereocenters. The van der Waals surface area contributed by atoms with Gasteiger partial charge in [-0.25, -0.2) is 4.79 Å². The highest BCUT2D eigenvalue weighted by Gasteiger charge is 2.17. The number of anilines is 2. The average Bonchev–Trinajstić information content (AvgIpc) is 3.11. The highest BCUT2D eigenvalue weighted by Crippen LogP contribution is 2.22. The van der Waals surface area contributed by atoms with E-state index in [1.165, 1.54) is 19.0 Å². The lowest BCUT2D eigenvalue weighted by Crippen LogP contribution is -2.35. The van der Waals surface area contributed by atoms with Crippen molar-refractivity contribution in [2.24, 2.45) is 0 Å². The Morgan fingerprint density at radius 1 is 0.833 bits per heavy atom. The molecule has 1 aliphatic rings. The Kier molecular flexibility index (Phi) is 6.08. The first kappa shape index (κ1) is 19.7. The number of hydrogen-bond acceptors (Lipinski definition) is 3. The predicted molar refractivity (Wildman–Crippen MR) is 117 cm³/mol. The van der Waals surface area contributed by atoms with Crippen LogP contribution in [0.4, 0.5) is 16.2 Å². The fourth-order valence-electron chi connectivity index (χ4n) is 3.59. The van der Waals surface area contributed by atoms with Gasteiger partial charge in [-0.05, 0) is 37.1 Å².